The average molecular weight is 191 g/mol. The van der Waals surface area contributed by atoms with Gasteiger partial charge in [-0.15, -0.1) is 0 Å². The number of aromatic hydroxyl groups is 1. The van der Waals surface area contributed by atoms with Crippen molar-refractivity contribution in [1.82, 2.24) is 0 Å². The molecule has 1 aromatic heterocycles. The number of nitrogens with two attached hydrogens (primary N) is 1. The molecule has 0 unspecified atom stereocenters. The van der Waals surface area contributed by atoms with Crippen LogP contribution in [0.15, 0.2) is 28.9 Å². The third-order valence-corrected chi connectivity index (χ3v) is 2.30. The van der Waals surface area contributed by atoms with Gasteiger partial charge in [-0.05, 0) is 37.1 Å². The Kier molecular flexibility index (Phi) is 2.41. The zero-order valence-electron chi connectivity index (χ0n) is 7.86. The van der Waals surface area contributed by atoms with Crippen LogP contribution in [-0.2, 0) is 6.42 Å². The molecular weight excluding hydrogens is 178 g/mol. The van der Waals surface area contributed by atoms with Crippen LogP contribution in [0.1, 0.15) is 12.0 Å². The molecule has 0 aliphatic heterocycles. The van der Waals surface area contributed by atoms with E-state index in [0.717, 1.165) is 29.4 Å². The molecule has 0 atom stereocenters. The summed E-state index contributed by atoms with van der Waals surface area (Å²) in [6.07, 6.45) is 3.32. The number of furan rings is 1. The van der Waals surface area contributed by atoms with Crippen LogP contribution in [0.2, 0.25) is 0 Å². The number of rotatable bonds is 3. The van der Waals surface area contributed by atoms with Gasteiger partial charge in [-0.3, -0.25) is 0 Å². The number of aryl methyl sites for hydroxylation is 1. The molecule has 3 nitrogen and oxygen atoms in total. The SMILES string of the molecule is NCCCc1cc2ccoc2cc1O. The highest BCUT2D eigenvalue weighted by Gasteiger charge is 2.05. The first-order chi connectivity index (χ1) is 6.81. The summed E-state index contributed by atoms with van der Waals surface area (Å²) >= 11 is 0. The average Bonchev–Trinajstić information content (AvgIpc) is 2.61. The van der Waals surface area contributed by atoms with Gasteiger partial charge in [-0.25, -0.2) is 0 Å². The van der Waals surface area contributed by atoms with Crippen LogP contribution in [0.5, 0.6) is 5.75 Å². The summed E-state index contributed by atoms with van der Waals surface area (Å²) in [4.78, 5) is 0. The van der Waals surface area contributed by atoms with Crippen LogP contribution >= 0.6 is 0 Å². The molecule has 2 rings (SSSR count). The van der Waals surface area contributed by atoms with Crippen molar-refractivity contribution in [2.24, 2.45) is 5.73 Å². The van der Waals surface area contributed by atoms with Crippen molar-refractivity contribution in [2.75, 3.05) is 6.54 Å². The van der Waals surface area contributed by atoms with E-state index in [2.05, 4.69) is 0 Å². The lowest BCUT2D eigenvalue weighted by Crippen LogP contribution is -2.00. The minimum Gasteiger partial charge on any atom is -0.508 e. The van der Waals surface area contributed by atoms with Crippen LogP contribution in [-0.4, -0.2) is 11.7 Å². The molecule has 3 N–H and O–H groups in total. The highest BCUT2D eigenvalue weighted by Crippen LogP contribution is 2.26. The Morgan fingerprint density at radius 3 is 3.00 bits per heavy atom. The summed E-state index contributed by atoms with van der Waals surface area (Å²) in [5.41, 5.74) is 7.07. The summed E-state index contributed by atoms with van der Waals surface area (Å²) in [7, 11) is 0. The molecule has 0 aliphatic rings. The molecule has 0 aliphatic carbocycles. The second-order valence-electron chi connectivity index (χ2n) is 3.33. The van der Waals surface area contributed by atoms with E-state index in [9.17, 15) is 5.11 Å². The fourth-order valence-corrected chi connectivity index (χ4v) is 1.54. The number of benzene rings is 1. The molecule has 74 valence electrons. The lowest BCUT2D eigenvalue weighted by atomic mass is 10.1. The van der Waals surface area contributed by atoms with E-state index in [1.807, 2.05) is 12.1 Å². The Balaban J connectivity index is 2.38. The van der Waals surface area contributed by atoms with Gasteiger partial charge in [0, 0.05) is 11.5 Å². The molecule has 0 spiro atoms. The van der Waals surface area contributed by atoms with Crippen molar-refractivity contribution in [2.45, 2.75) is 12.8 Å². The largest absolute Gasteiger partial charge is 0.508 e. The molecule has 1 aromatic carbocycles. The van der Waals surface area contributed by atoms with Crippen LogP contribution in [0, 0.1) is 0 Å². The van der Waals surface area contributed by atoms with E-state index in [-0.39, 0.29) is 0 Å². The van der Waals surface area contributed by atoms with Crippen molar-refractivity contribution in [3.8, 4) is 5.75 Å². The number of phenolic OH excluding ortho intramolecular Hbond substituents is 1. The standard InChI is InChI=1S/C11H13NO2/c12-4-1-2-8-6-9-3-5-14-11(9)7-10(8)13/h3,5-7,13H,1-2,4,12H2. The fraction of sp³-hybridized carbons (Fsp3) is 0.273. The Morgan fingerprint density at radius 2 is 2.21 bits per heavy atom. The Hall–Kier alpha value is -1.48. The minimum atomic E-state index is 0.293. The van der Waals surface area contributed by atoms with Gasteiger partial charge in [0.2, 0.25) is 0 Å². The van der Waals surface area contributed by atoms with E-state index < -0.39 is 0 Å². The zero-order chi connectivity index (χ0) is 9.97. The van der Waals surface area contributed by atoms with E-state index in [1.165, 1.54) is 0 Å². The molecule has 0 bridgehead atoms. The maximum absolute atomic E-state index is 9.65. The molecule has 0 amide bonds. The Morgan fingerprint density at radius 1 is 1.36 bits per heavy atom. The summed E-state index contributed by atoms with van der Waals surface area (Å²) in [6, 6.07) is 5.49. The van der Waals surface area contributed by atoms with Gasteiger partial charge in [-0.1, -0.05) is 0 Å². The van der Waals surface area contributed by atoms with E-state index in [4.69, 9.17) is 10.2 Å². The zero-order valence-corrected chi connectivity index (χ0v) is 7.86. The maximum atomic E-state index is 9.65. The molecule has 0 fully saturated rings. The van der Waals surface area contributed by atoms with Gasteiger partial charge in [-0.2, -0.15) is 0 Å². The van der Waals surface area contributed by atoms with E-state index in [0.29, 0.717) is 12.3 Å². The normalized spacial score (nSPS) is 10.9. The highest BCUT2D eigenvalue weighted by atomic mass is 16.3. The topological polar surface area (TPSA) is 59.4 Å². The van der Waals surface area contributed by atoms with Crippen molar-refractivity contribution >= 4 is 11.0 Å². The summed E-state index contributed by atoms with van der Waals surface area (Å²) in [6.45, 7) is 0.642. The number of hydrogen-bond acceptors (Lipinski definition) is 3. The van der Waals surface area contributed by atoms with Crippen LogP contribution in [0.4, 0.5) is 0 Å². The molecule has 2 aromatic rings. The summed E-state index contributed by atoms with van der Waals surface area (Å²) in [5.74, 6) is 0.293. The predicted octanol–water partition coefficient (Wildman–Crippen LogP) is 2.03. The molecular formula is C11H13NO2. The summed E-state index contributed by atoms with van der Waals surface area (Å²) < 4.78 is 5.17. The second kappa shape index (κ2) is 3.72. The lowest BCUT2D eigenvalue weighted by Gasteiger charge is -2.03. The third kappa shape index (κ3) is 1.59. The first-order valence-corrected chi connectivity index (χ1v) is 4.70. The molecule has 0 radical (unpaired) electrons. The monoisotopic (exact) mass is 191 g/mol. The van der Waals surface area contributed by atoms with Gasteiger partial charge >= 0.3 is 0 Å². The molecule has 0 saturated heterocycles. The number of phenols is 1. The summed E-state index contributed by atoms with van der Waals surface area (Å²) in [5, 5.41) is 10.7. The lowest BCUT2D eigenvalue weighted by molar-refractivity contribution is 0.466. The van der Waals surface area contributed by atoms with Crippen molar-refractivity contribution in [1.29, 1.82) is 0 Å². The predicted molar refractivity (Wildman–Crippen MR) is 55.3 cm³/mol. The van der Waals surface area contributed by atoms with Crippen molar-refractivity contribution in [3.63, 3.8) is 0 Å². The van der Waals surface area contributed by atoms with E-state index in [1.54, 1.807) is 12.3 Å². The maximum Gasteiger partial charge on any atom is 0.137 e. The van der Waals surface area contributed by atoms with Gasteiger partial charge < -0.3 is 15.3 Å². The van der Waals surface area contributed by atoms with Gasteiger partial charge in [0.1, 0.15) is 11.3 Å². The van der Waals surface area contributed by atoms with Crippen molar-refractivity contribution in [3.05, 3.63) is 30.0 Å². The molecule has 3 heteroatoms. The quantitative estimate of drug-likeness (QED) is 0.780. The molecule has 0 saturated carbocycles. The first kappa shape index (κ1) is 9.09. The van der Waals surface area contributed by atoms with Gasteiger partial charge in [0.05, 0.1) is 6.26 Å². The highest BCUT2D eigenvalue weighted by molar-refractivity contribution is 5.79. The van der Waals surface area contributed by atoms with E-state index >= 15 is 0 Å². The van der Waals surface area contributed by atoms with Gasteiger partial charge in [0.15, 0.2) is 0 Å². The molecule has 1 heterocycles. The Labute approximate surface area is 82.1 Å². The van der Waals surface area contributed by atoms with Crippen LogP contribution in [0.25, 0.3) is 11.0 Å². The number of fused-ring (bicyclic) bond motifs is 1. The molecule has 14 heavy (non-hydrogen) atoms. The second-order valence-corrected chi connectivity index (χ2v) is 3.33. The van der Waals surface area contributed by atoms with Crippen LogP contribution < -0.4 is 5.73 Å². The fourth-order valence-electron chi connectivity index (χ4n) is 1.54. The first-order valence-electron chi connectivity index (χ1n) is 4.70. The minimum absolute atomic E-state index is 0.293. The van der Waals surface area contributed by atoms with Crippen LogP contribution in [0.3, 0.4) is 0 Å². The van der Waals surface area contributed by atoms with Gasteiger partial charge in [0.25, 0.3) is 0 Å². The third-order valence-electron chi connectivity index (χ3n) is 2.30. The number of hydrogen-bond donors (Lipinski definition) is 2. The Bertz CT molecular complexity index is 434. The smallest absolute Gasteiger partial charge is 0.137 e. The van der Waals surface area contributed by atoms with Crippen molar-refractivity contribution < 1.29 is 9.52 Å².